The van der Waals surface area contributed by atoms with Crippen LogP contribution in [-0.2, 0) is 0 Å². The first-order valence-electron chi connectivity index (χ1n) is 17.7. The molecular formula is C48H32N2S. The van der Waals surface area contributed by atoms with Crippen LogP contribution in [0.15, 0.2) is 176 Å². The van der Waals surface area contributed by atoms with Crippen molar-refractivity contribution in [3.63, 3.8) is 0 Å². The van der Waals surface area contributed by atoms with E-state index in [2.05, 4.69) is 185 Å². The maximum absolute atomic E-state index is 2.57. The monoisotopic (exact) mass is 668 g/mol. The molecule has 3 heterocycles. The summed E-state index contributed by atoms with van der Waals surface area (Å²) >= 11 is 1.89. The molecule has 0 bridgehead atoms. The predicted molar refractivity (Wildman–Crippen MR) is 219 cm³/mol. The van der Waals surface area contributed by atoms with Gasteiger partial charge in [0.05, 0.1) is 22.6 Å². The lowest BCUT2D eigenvalue weighted by atomic mass is 9.99. The maximum atomic E-state index is 2.57. The molecule has 0 fully saturated rings. The van der Waals surface area contributed by atoms with E-state index in [1.54, 1.807) is 0 Å². The first kappa shape index (κ1) is 28.7. The van der Waals surface area contributed by atoms with Crippen LogP contribution < -0.4 is 0 Å². The van der Waals surface area contributed by atoms with E-state index >= 15 is 0 Å². The Morgan fingerprint density at radius 2 is 1.22 bits per heavy atom. The van der Waals surface area contributed by atoms with Gasteiger partial charge in [0.1, 0.15) is 0 Å². The lowest BCUT2D eigenvalue weighted by Crippen LogP contribution is -2.07. The summed E-state index contributed by atoms with van der Waals surface area (Å²) < 4.78 is 7.70. The molecule has 11 rings (SSSR count). The molecule has 51 heavy (non-hydrogen) atoms. The van der Waals surface area contributed by atoms with Crippen LogP contribution in [0.4, 0.5) is 0 Å². The molecule has 10 aromatic rings. The number of rotatable bonds is 4. The summed E-state index contributed by atoms with van der Waals surface area (Å²) in [6, 6.07) is 56.5. The molecule has 1 aliphatic rings. The summed E-state index contributed by atoms with van der Waals surface area (Å²) in [5.41, 5.74) is 11.2. The van der Waals surface area contributed by atoms with E-state index in [0.717, 1.165) is 6.42 Å². The van der Waals surface area contributed by atoms with Crippen molar-refractivity contribution in [1.82, 2.24) is 9.13 Å². The molecule has 2 nitrogen and oxygen atoms in total. The maximum Gasteiger partial charge on any atom is 0.0576 e. The Balaban J connectivity index is 1.18. The van der Waals surface area contributed by atoms with Crippen LogP contribution in [0, 0.1) is 0 Å². The van der Waals surface area contributed by atoms with Gasteiger partial charge in [0.15, 0.2) is 0 Å². The molecule has 0 saturated heterocycles. The van der Waals surface area contributed by atoms with Crippen molar-refractivity contribution in [2.45, 2.75) is 12.5 Å². The van der Waals surface area contributed by atoms with Gasteiger partial charge >= 0.3 is 0 Å². The normalized spacial score (nSPS) is 14.6. The van der Waals surface area contributed by atoms with E-state index in [-0.39, 0.29) is 6.04 Å². The van der Waals surface area contributed by atoms with E-state index in [1.807, 2.05) is 11.3 Å². The van der Waals surface area contributed by atoms with Gasteiger partial charge in [-0.2, -0.15) is 0 Å². The highest BCUT2D eigenvalue weighted by molar-refractivity contribution is 7.26. The van der Waals surface area contributed by atoms with E-state index < -0.39 is 0 Å². The number of nitrogens with zero attached hydrogens (tertiary/aromatic N) is 2. The third-order valence-corrected chi connectivity index (χ3v) is 12.0. The fourth-order valence-corrected chi connectivity index (χ4v) is 9.80. The largest absolute Gasteiger partial charge is 0.333 e. The van der Waals surface area contributed by atoms with Gasteiger partial charge in [0.2, 0.25) is 0 Å². The fourth-order valence-electron chi connectivity index (χ4n) is 8.58. The summed E-state index contributed by atoms with van der Waals surface area (Å²) in [5, 5.41) is 7.75. The van der Waals surface area contributed by atoms with Crippen LogP contribution in [0.2, 0.25) is 0 Å². The molecular weight excluding hydrogens is 637 g/mol. The second kappa shape index (κ2) is 11.2. The standard InChI is InChI=1S/C48H32N2S/c1-3-14-31(15-4-1)40-29-34(30-42-38-20-9-12-25-46(38)51-48(40)42)49-43-23-10-8-19-37(43)41-28-32(26-27-45(41)49)35-21-13-22-39-36-18-7-11-24-44(36)50(47(35)39)33-16-5-2-6-17-33/h1-16,18-30,33H,17H2. The smallest absolute Gasteiger partial charge is 0.0576 e. The number of allylic oxidation sites excluding steroid dienone is 4. The first-order chi connectivity index (χ1) is 25.3. The van der Waals surface area contributed by atoms with Crippen LogP contribution in [0.25, 0.3) is 91.7 Å². The van der Waals surface area contributed by atoms with Crippen molar-refractivity contribution in [2.24, 2.45) is 0 Å². The third-order valence-electron chi connectivity index (χ3n) is 10.8. The van der Waals surface area contributed by atoms with Crippen LogP contribution in [0.1, 0.15) is 12.5 Å². The average Bonchev–Trinajstić information content (AvgIpc) is 3.86. The molecule has 240 valence electrons. The SMILES string of the molecule is C1=CCC(n2c3ccccc3c3cccc(-c4ccc5c(c4)c4ccccc4n5-c4cc(-c5ccccc5)c5sc6ccccc6c5c4)c32)C=C1. The van der Waals surface area contributed by atoms with Gasteiger partial charge in [-0.05, 0) is 60.0 Å². The fraction of sp³-hybridized carbons (Fsp3) is 0.0417. The summed E-state index contributed by atoms with van der Waals surface area (Å²) in [4.78, 5) is 0. The molecule has 0 saturated carbocycles. The number of aromatic nitrogens is 2. The molecule has 0 aliphatic heterocycles. The molecule has 3 aromatic heterocycles. The van der Waals surface area contributed by atoms with Crippen molar-refractivity contribution in [2.75, 3.05) is 0 Å². The zero-order chi connectivity index (χ0) is 33.5. The van der Waals surface area contributed by atoms with Gasteiger partial charge < -0.3 is 9.13 Å². The van der Waals surface area contributed by atoms with Gasteiger partial charge in [-0.25, -0.2) is 0 Å². The highest BCUT2D eigenvalue weighted by Crippen LogP contribution is 2.45. The van der Waals surface area contributed by atoms with Crippen molar-refractivity contribution < 1.29 is 0 Å². The number of hydrogen-bond donors (Lipinski definition) is 0. The first-order valence-corrected chi connectivity index (χ1v) is 18.5. The van der Waals surface area contributed by atoms with Crippen LogP contribution in [-0.4, -0.2) is 9.13 Å². The molecule has 1 atom stereocenters. The predicted octanol–water partition coefficient (Wildman–Crippen LogP) is 13.7. The highest BCUT2D eigenvalue weighted by atomic mass is 32.1. The van der Waals surface area contributed by atoms with Crippen molar-refractivity contribution in [3.8, 4) is 27.9 Å². The van der Waals surface area contributed by atoms with Crippen molar-refractivity contribution >= 4 is 75.1 Å². The minimum Gasteiger partial charge on any atom is -0.333 e. The summed E-state index contributed by atoms with van der Waals surface area (Å²) in [7, 11) is 0. The molecule has 0 N–H and O–H groups in total. The number of hydrogen-bond acceptors (Lipinski definition) is 1. The van der Waals surface area contributed by atoms with Crippen LogP contribution in [0.3, 0.4) is 0 Å². The van der Waals surface area contributed by atoms with E-state index in [0.29, 0.717) is 0 Å². The van der Waals surface area contributed by atoms with Gasteiger partial charge in [0.25, 0.3) is 0 Å². The summed E-state index contributed by atoms with van der Waals surface area (Å²) in [5.74, 6) is 0. The summed E-state index contributed by atoms with van der Waals surface area (Å²) in [6.07, 6.45) is 9.97. The second-order valence-corrected chi connectivity index (χ2v) is 14.7. The molecule has 0 spiro atoms. The van der Waals surface area contributed by atoms with Gasteiger partial charge in [-0.3, -0.25) is 0 Å². The Hall–Kier alpha value is -6.16. The number of para-hydroxylation sites is 3. The van der Waals surface area contributed by atoms with E-state index in [9.17, 15) is 0 Å². The zero-order valence-corrected chi connectivity index (χ0v) is 28.6. The molecule has 0 amide bonds. The number of fused-ring (bicyclic) bond motifs is 9. The zero-order valence-electron chi connectivity index (χ0n) is 27.8. The number of benzene rings is 7. The topological polar surface area (TPSA) is 9.86 Å². The lowest BCUT2D eigenvalue weighted by Gasteiger charge is -2.20. The Morgan fingerprint density at radius 1 is 0.490 bits per heavy atom. The third kappa shape index (κ3) is 4.28. The van der Waals surface area contributed by atoms with E-state index in [1.165, 1.54) is 91.7 Å². The molecule has 3 heteroatoms. The van der Waals surface area contributed by atoms with Gasteiger partial charge in [-0.15, -0.1) is 11.3 Å². The second-order valence-electron chi connectivity index (χ2n) is 13.6. The Kier molecular flexibility index (Phi) is 6.28. The lowest BCUT2D eigenvalue weighted by molar-refractivity contribution is 0.648. The summed E-state index contributed by atoms with van der Waals surface area (Å²) in [6.45, 7) is 0. The molecule has 1 aliphatic carbocycles. The van der Waals surface area contributed by atoms with Crippen LogP contribution in [0.5, 0.6) is 0 Å². The van der Waals surface area contributed by atoms with E-state index in [4.69, 9.17) is 0 Å². The molecule has 7 aromatic carbocycles. The van der Waals surface area contributed by atoms with Gasteiger partial charge in [0, 0.05) is 64.0 Å². The minimum atomic E-state index is 0.270. The molecule has 0 radical (unpaired) electrons. The molecule has 1 unspecified atom stereocenters. The van der Waals surface area contributed by atoms with Crippen molar-refractivity contribution in [3.05, 3.63) is 176 Å². The minimum absolute atomic E-state index is 0.270. The average molecular weight is 669 g/mol. The number of thiophene rings is 1. The van der Waals surface area contributed by atoms with Crippen molar-refractivity contribution in [1.29, 1.82) is 0 Å². The highest BCUT2D eigenvalue weighted by Gasteiger charge is 2.22. The quantitative estimate of drug-likeness (QED) is 0.177. The van der Waals surface area contributed by atoms with Crippen LogP contribution >= 0.6 is 11.3 Å². The Bertz CT molecular complexity index is 3060. The Labute approximate surface area is 299 Å². The van der Waals surface area contributed by atoms with Gasteiger partial charge in [-0.1, -0.05) is 133 Å². The Morgan fingerprint density at radius 3 is 2.06 bits per heavy atom.